The highest BCUT2D eigenvalue weighted by Crippen LogP contribution is 2.27. The van der Waals surface area contributed by atoms with E-state index in [2.05, 4.69) is 30.7 Å². The van der Waals surface area contributed by atoms with Gasteiger partial charge in [0.05, 0.1) is 11.9 Å². The fourth-order valence-corrected chi connectivity index (χ4v) is 2.06. The minimum absolute atomic E-state index is 0.549. The molecule has 1 aromatic carbocycles. The second kappa shape index (κ2) is 5.08. The number of nitrogens with one attached hydrogen (secondary N) is 2. The van der Waals surface area contributed by atoms with Crippen LogP contribution in [0.5, 0.6) is 0 Å². The molecular weight excluding hydrogens is 252 g/mol. The average molecular weight is 266 g/mol. The summed E-state index contributed by atoms with van der Waals surface area (Å²) in [5, 5.41) is 13.5. The number of hydrogen-bond donors (Lipinski definition) is 2. The van der Waals surface area contributed by atoms with E-state index in [1.807, 2.05) is 44.3 Å². The summed E-state index contributed by atoms with van der Waals surface area (Å²) in [4.78, 5) is 9.09. The van der Waals surface area contributed by atoms with Crippen LogP contribution in [-0.2, 0) is 0 Å². The molecular formula is C14H14N6. The van der Waals surface area contributed by atoms with Gasteiger partial charge in [-0.1, -0.05) is 30.3 Å². The summed E-state index contributed by atoms with van der Waals surface area (Å²) in [5.41, 5.74) is 3.57. The zero-order valence-electron chi connectivity index (χ0n) is 11.3. The monoisotopic (exact) mass is 266 g/mol. The van der Waals surface area contributed by atoms with Crippen molar-refractivity contribution in [1.29, 1.82) is 0 Å². The maximum atomic E-state index is 4.62. The van der Waals surface area contributed by atoms with Crippen molar-refractivity contribution < 1.29 is 0 Å². The van der Waals surface area contributed by atoms with Crippen molar-refractivity contribution in [2.75, 3.05) is 12.4 Å². The molecule has 3 aromatic rings. The van der Waals surface area contributed by atoms with Crippen LogP contribution in [0.4, 0.5) is 5.82 Å². The van der Waals surface area contributed by atoms with Crippen molar-refractivity contribution in [2.24, 2.45) is 0 Å². The molecule has 0 atom stereocenters. The molecule has 0 spiro atoms. The number of benzene rings is 1. The largest absolute Gasteiger partial charge is 0.373 e. The topological polar surface area (TPSA) is 79.4 Å². The van der Waals surface area contributed by atoms with Gasteiger partial charge in [0.15, 0.2) is 5.82 Å². The number of hydrogen-bond acceptors (Lipinski definition) is 5. The molecule has 3 rings (SSSR count). The highest BCUT2D eigenvalue weighted by molar-refractivity contribution is 5.70. The molecule has 0 unspecified atom stereocenters. The zero-order chi connectivity index (χ0) is 13.9. The molecule has 0 saturated heterocycles. The third kappa shape index (κ3) is 2.11. The van der Waals surface area contributed by atoms with Crippen molar-refractivity contribution >= 4 is 5.82 Å². The van der Waals surface area contributed by atoms with Gasteiger partial charge in [-0.15, -0.1) is 0 Å². The molecule has 100 valence electrons. The molecule has 2 heterocycles. The standard InChI is InChI=1S/C14H14N6/c1-9-12(10-6-4-3-5-7-10)17-14(18-13(9)15-2)11-8-16-20-19-11/h3-8H,1-2H3,(H,15,17,18)(H,16,19,20). The predicted octanol–water partition coefficient (Wildman–Crippen LogP) is 2.28. The van der Waals surface area contributed by atoms with Gasteiger partial charge in [-0.3, -0.25) is 0 Å². The minimum Gasteiger partial charge on any atom is -0.373 e. The molecule has 0 radical (unpaired) electrons. The molecule has 6 heteroatoms. The van der Waals surface area contributed by atoms with Crippen LogP contribution < -0.4 is 5.32 Å². The predicted molar refractivity (Wildman–Crippen MR) is 77.1 cm³/mol. The summed E-state index contributed by atoms with van der Waals surface area (Å²) in [7, 11) is 1.84. The second-order valence-electron chi connectivity index (χ2n) is 4.34. The molecule has 6 nitrogen and oxygen atoms in total. The van der Waals surface area contributed by atoms with E-state index >= 15 is 0 Å². The number of H-pyrrole nitrogens is 1. The van der Waals surface area contributed by atoms with Gasteiger partial charge in [-0.25, -0.2) is 9.97 Å². The van der Waals surface area contributed by atoms with Gasteiger partial charge in [0.25, 0.3) is 0 Å². The Morgan fingerprint density at radius 1 is 1.10 bits per heavy atom. The lowest BCUT2D eigenvalue weighted by Crippen LogP contribution is -2.03. The Kier molecular flexibility index (Phi) is 3.12. The van der Waals surface area contributed by atoms with E-state index < -0.39 is 0 Å². The Morgan fingerprint density at radius 2 is 1.90 bits per heavy atom. The van der Waals surface area contributed by atoms with Crippen LogP contribution >= 0.6 is 0 Å². The first-order valence-electron chi connectivity index (χ1n) is 6.27. The molecule has 0 bridgehead atoms. The maximum Gasteiger partial charge on any atom is 0.184 e. The molecule has 0 aliphatic heterocycles. The number of aromatic amines is 1. The summed E-state index contributed by atoms with van der Waals surface area (Å²) in [6.07, 6.45) is 1.61. The summed E-state index contributed by atoms with van der Waals surface area (Å²) in [6.45, 7) is 2.00. The van der Waals surface area contributed by atoms with Gasteiger partial charge in [-0.2, -0.15) is 15.4 Å². The van der Waals surface area contributed by atoms with Crippen molar-refractivity contribution in [3.63, 3.8) is 0 Å². The minimum atomic E-state index is 0.549. The Balaban J connectivity index is 2.21. The van der Waals surface area contributed by atoms with Crippen molar-refractivity contribution in [1.82, 2.24) is 25.4 Å². The van der Waals surface area contributed by atoms with Crippen LogP contribution in [0.2, 0.25) is 0 Å². The quantitative estimate of drug-likeness (QED) is 0.760. The molecule has 0 aliphatic rings. The first-order valence-corrected chi connectivity index (χ1v) is 6.27. The number of aromatic nitrogens is 5. The van der Waals surface area contributed by atoms with E-state index in [1.54, 1.807) is 6.20 Å². The first-order chi connectivity index (χ1) is 9.79. The highest BCUT2D eigenvalue weighted by Gasteiger charge is 2.14. The van der Waals surface area contributed by atoms with Crippen LogP contribution in [0, 0.1) is 6.92 Å². The van der Waals surface area contributed by atoms with Crippen LogP contribution in [0.1, 0.15) is 5.56 Å². The van der Waals surface area contributed by atoms with E-state index in [0.29, 0.717) is 11.5 Å². The summed E-state index contributed by atoms with van der Waals surface area (Å²) >= 11 is 0. The third-order valence-electron chi connectivity index (χ3n) is 3.07. The van der Waals surface area contributed by atoms with Gasteiger partial charge in [0.1, 0.15) is 11.5 Å². The average Bonchev–Trinajstić information content (AvgIpc) is 3.03. The Labute approximate surface area is 116 Å². The van der Waals surface area contributed by atoms with Crippen molar-refractivity contribution in [3.8, 4) is 22.8 Å². The molecule has 0 fully saturated rings. The van der Waals surface area contributed by atoms with Crippen LogP contribution in [-0.4, -0.2) is 32.4 Å². The SMILES string of the molecule is CNc1nc(-c2cn[nH]n2)nc(-c2ccccc2)c1C. The number of rotatable bonds is 3. The first kappa shape index (κ1) is 12.3. The van der Waals surface area contributed by atoms with Crippen molar-refractivity contribution in [3.05, 3.63) is 42.1 Å². The van der Waals surface area contributed by atoms with E-state index in [9.17, 15) is 0 Å². The lowest BCUT2D eigenvalue weighted by atomic mass is 10.1. The Morgan fingerprint density at radius 3 is 2.55 bits per heavy atom. The molecule has 0 amide bonds. The highest BCUT2D eigenvalue weighted by atomic mass is 15.3. The summed E-state index contributed by atoms with van der Waals surface area (Å²) in [5.74, 6) is 1.34. The van der Waals surface area contributed by atoms with Crippen molar-refractivity contribution in [2.45, 2.75) is 6.92 Å². The number of anilines is 1. The van der Waals surface area contributed by atoms with E-state index in [0.717, 1.165) is 22.6 Å². The fraction of sp³-hybridized carbons (Fsp3) is 0.143. The van der Waals surface area contributed by atoms with Gasteiger partial charge < -0.3 is 5.32 Å². The number of nitrogens with zero attached hydrogens (tertiary/aromatic N) is 4. The third-order valence-corrected chi connectivity index (χ3v) is 3.07. The van der Waals surface area contributed by atoms with Gasteiger partial charge in [-0.05, 0) is 6.92 Å². The van der Waals surface area contributed by atoms with Gasteiger partial charge in [0, 0.05) is 18.2 Å². The van der Waals surface area contributed by atoms with Crippen LogP contribution in [0.15, 0.2) is 36.5 Å². The lowest BCUT2D eigenvalue weighted by molar-refractivity contribution is 0.938. The normalized spacial score (nSPS) is 10.5. The van der Waals surface area contributed by atoms with E-state index in [-0.39, 0.29) is 0 Å². The fourth-order valence-electron chi connectivity index (χ4n) is 2.06. The van der Waals surface area contributed by atoms with Gasteiger partial charge >= 0.3 is 0 Å². The smallest absolute Gasteiger partial charge is 0.184 e. The lowest BCUT2D eigenvalue weighted by Gasteiger charge is -2.11. The Hall–Kier alpha value is -2.76. The van der Waals surface area contributed by atoms with Gasteiger partial charge in [0.2, 0.25) is 0 Å². The zero-order valence-corrected chi connectivity index (χ0v) is 11.3. The molecule has 0 saturated carbocycles. The van der Waals surface area contributed by atoms with Crippen LogP contribution in [0.25, 0.3) is 22.8 Å². The van der Waals surface area contributed by atoms with E-state index in [4.69, 9.17) is 0 Å². The molecule has 0 aliphatic carbocycles. The Bertz CT molecular complexity index is 706. The summed E-state index contributed by atoms with van der Waals surface area (Å²) < 4.78 is 0. The second-order valence-corrected chi connectivity index (χ2v) is 4.34. The van der Waals surface area contributed by atoms with E-state index in [1.165, 1.54) is 0 Å². The molecule has 2 aromatic heterocycles. The molecule has 2 N–H and O–H groups in total. The molecule has 20 heavy (non-hydrogen) atoms. The maximum absolute atomic E-state index is 4.62. The summed E-state index contributed by atoms with van der Waals surface area (Å²) in [6, 6.07) is 10.0. The van der Waals surface area contributed by atoms with Crippen LogP contribution in [0.3, 0.4) is 0 Å².